The van der Waals surface area contributed by atoms with Crippen LogP contribution in [0.2, 0.25) is 5.02 Å². The average Bonchev–Trinajstić information content (AvgIpc) is 2.36. The van der Waals surface area contributed by atoms with E-state index in [4.69, 9.17) is 27.2 Å². The Labute approximate surface area is 111 Å². The predicted molar refractivity (Wildman–Crippen MR) is 73.2 cm³/mol. The summed E-state index contributed by atoms with van der Waals surface area (Å²) in [6, 6.07) is 12.6. The fourth-order valence-electron chi connectivity index (χ4n) is 1.65. The molecule has 3 nitrogen and oxygen atoms in total. The van der Waals surface area contributed by atoms with Crippen molar-refractivity contribution in [3.63, 3.8) is 0 Å². The third-order valence-corrected chi connectivity index (χ3v) is 2.78. The molecule has 0 spiro atoms. The van der Waals surface area contributed by atoms with Crippen LogP contribution < -0.4 is 10.5 Å². The number of anilines is 1. The molecule has 0 saturated heterocycles. The Balaban J connectivity index is 2.30. The fourth-order valence-corrected chi connectivity index (χ4v) is 1.81. The highest BCUT2D eigenvalue weighted by Gasteiger charge is 2.07. The van der Waals surface area contributed by atoms with Crippen molar-refractivity contribution in [3.05, 3.63) is 53.1 Å². The van der Waals surface area contributed by atoms with Gasteiger partial charge in [-0.05, 0) is 30.2 Å². The molecule has 2 aromatic rings. The number of hydrogen-bond acceptors (Lipinski definition) is 3. The van der Waals surface area contributed by atoms with Gasteiger partial charge in [0.2, 0.25) is 0 Å². The third-order valence-electron chi connectivity index (χ3n) is 2.55. The monoisotopic (exact) mass is 263 g/mol. The minimum absolute atomic E-state index is 0.0748. The van der Waals surface area contributed by atoms with Crippen LogP contribution in [0.1, 0.15) is 5.56 Å². The predicted octanol–water partition coefficient (Wildman–Crippen LogP) is 3.25. The van der Waals surface area contributed by atoms with Crippen molar-refractivity contribution < 1.29 is 9.84 Å². The molecule has 18 heavy (non-hydrogen) atoms. The molecule has 2 rings (SSSR count). The molecular formula is C14H14ClNO2. The number of hydrogen-bond donors (Lipinski definition) is 2. The number of nitrogen functional groups attached to an aromatic ring is 1. The minimum Gasteiger partial charge on any atom is -0.455 e. The number of benzene rings is 2. The van der Waals surface area contributed by atoms with Crippen molar-refractivity contribution >= 4 is 17.3 Å². The highest BCUT2D eigenvalue weighted by atomic mass is 35.5. The maximum Gasteiger partial charge on any atom is 0.151 e. The number of rotatable bonds is 4. The molecule has 2 aromatic carbocycles. The van der Waals surface area contributed by atoms with Crippen molar-refractivity contribution in [3.8, 4) is 11.5 Å². The molecule has 0 bridgehead atoms. The van der Waals surface area contributed by atoms with Crippen LogP contribution >= 0.6 is 11.6 Å². The van der Waals surface area contributed by atoms with Gasteiger partial charge in [-0.1, -0.05) is 29.8 Å². The molecule has 0 aliphatic heterocycles. The summed E-state index contributed by atoms with van der Waals surface area (Å²) in [5.41, 5.74) is 7.28. The van der Waals surface area contributed by atoms with Crippen molar-refractivity contribution in [1.29, 1.82) is 0 Å². The lowest BCUT2D eigenvalue weighted by atomic mass is 10.1. The lowest BCUT2D eigenvalue weighted by molar-refractivity contribution is 0.298. The van der Waals surface area contributed by atoms with E-state index in [1.165, 1.54) is 0 Å². The minimum atomic E-state index is 0.0748. The van der Waals surface area contributed by atoms with E-state index in [1.807, 2.05) is 24.3 Å². The van der Waals surface area contributed by atoms with Gasteiger partial charge in [0.1, 0.15) is 5.75 Å². The molecule has 0 amide bonds. The Kier molecular flexibility index (Phi) is 4.07. The summed E-state index contributed by atoms with van der Waals surface area (Å²) in [5, 5.41) is 9.58. The van der Waals surface area contributed by atoms with Crippen LogP contribution in [-0.2, 0) is 6.42 Å². The van der Waals surface area contributed by atoms with Gasteiger partial charge in [0.15, 0.2) is 5.75 Å². The largest absolute Gasteiger partial charge is 0.455 e. The molecular weight excluding hydrogens is 250 g/mol. The number of nitrogens with two attached hydrogens (primary N) is 1. The van der Waals surface area contributed by atoms with E-state index in [0.717, 1.165) is 5.56 Å². The highest BCUT2D eigenvalue weighted by molar-refractivity contribution is 6.30. The SMILES string of the molecule is Nc1ccc(Cl)cc1Oc1ccccc1CCO. The summed E-state index contributed by atoms with van der Waals surface area (Å²) >= 11 is 5.91. The first-order valence-corrected chi connectivity index (χ1v) is 6.00. The normalized spacial score (nSPS) is 10.3. The van der Waals surface area contributed by atoms with Gasteiger partial charge in [0.05, 0.1) is 5.69 Å². The average molecular weight is 264 g/mol. The second kappa shape index (κ2) is 5.76. The van der Waals surface area contributed by atoms with Crippen molar-refractivity contribution in [2.24, 2.45) is 0 Å². The molecule has 0 atom stereocenters. The summed E-state index contributed by atoms with van der Waals surface area (Å²) in [6.45, 7) is 0.0748. The second-order valence-corrected chi connectivity index (χ2v) is 4.30. The fraction of sp³-hybridized carbons (Fsp3) is 0.143. The van der Waals surface area contributed by atoms with Crippen LogP contribution in [0.15, 0.2) is 42.5 Å². The van der Waals surface area contributed by atoms with E-state index in [2.05, 4.69) is 0 Å². The maximum atomic E-state index is 9.01. The summed E-state index contributed by atoms with van der Waals surface area (Å²) in [4.78, 5) is 0. The van der Waals surface area contributed by atoms with Gasteiger partial charge in [0, 0.05) is 17.7 Å². The Hall–Kier alpha value is -1.71. The lowest BCUT2D eigenvalue weighted by Gasteiger charge is -2.12. The molecule has 94 valence electrons. The summed E-state index contributed by atoms with van der Waals surface area (Å²) in [6.07, 6.45) is 0.538. The van der Waals surface area contributed by atoms with Crippen molar-refractivity contribution in [2.45, 2.75) is 6.42 Å². The topological polar surface area (TPSA) is 55.5 Å². The number of halogens is 1. The van der Waals surface area contributed by atoms with Gasteiger partial charge in [-0.2, -0.15) is 0 Å². The molecule has 0 aromatic heterocycles. The van der Waals surface area contributed by atoms with Crippen molar-refractivity contribution in [2.75, 3.05) is 12.3 Å². The number of aliphatic hydroxyl groups is 1. The Morgan fingerprint density at radius 3 is 2.67 bits per heavy atom. The number of para-hydroxylation sites is 1. The molecule has 0 unspecified atom stereocenters. The third kappa shape index (κ3) is 2.94. The van der Waals surface area contributed by atoms with Gasteiger partial charge in [-0.25, -0.2) is 0 Å². The van der Waals surface area contributed by atoms with Gasteiger partial charge < -0.3 is 15.6 Å². The number of ether oxygens (including phenoxy) is 1. The molecule has 0 radical (unpaired) electrons. The first-order chi connectivity index (χ1) is 8.70. The zero-order valence-corrected chi connectivity index (χ0v) is 10.5. The van der Waals surface area contributed by atoms with E-state index < -0.39 is 0 Å². The first-order valence-electron chi connectivity index (χ1n) is 5.62. The lowest BCUT2D eigenvalue weighted by Crippen LogP contribution is -1.97. The number of aliphatic hydroxyl groups excluding tert-OH is 1. The quantitative estimate of drug-likeness (QED) is 0.833. The van der Waals surface area contributed by atoms with Gasteiger partial charge in [-0.3, -0.25) is 0 Å². The van der Waals surface area contributed by atoms with Crippen LogP contribution in [0.25, 0.3) is 0 Å². The molecule has 0 heterocycles. The zero-order chi connectivity index (χ0) is 13.0. The summed E-state index contributed by atoms with van der Waals surface area (Å²) < 4.78 is 5.75. The summed E-state index contributed by atoms with van der Waals surface area (Å²) in [5.74, 6) is 1.20. The van der Waals surface area contributed by atoms with E-state index >= 15 is 0 Å². The van der Waals surface area contributed by atoms with E-state index in [1.54, 1.807) is 18.2 Å². The zero-order valence-electron chi connectivity index (χ0n) is 9.77. The molecule has 0 fully saturated rings. The smallest absolute Gasteiger partial charge is 0.151 e. The van der Waals surface area contributed by atoms with Crippen LogP contribution in [0.4, 0.5) is 5.69 Å². The summed E-state index contributed by atoms with van der Waals surface area (Å²) in [7, 11) is 0. The van der Waals surface area contributed by atoms with Gasteiger partial charge in [-0.15, -0.1) is 0 Å². The van der Waals surface area contributed by atoms with Crippen LogP contribution in [0.3, 0.4) is 0 Å². The van der Waals surface area contributed by atoms with Crippen LogP contribution in [-0.4, -0.2) is 11.7 Å². The van der Waals surface area contributed by atoms with Crippen LogP contribution in [0.5, 0.6) is 11.5 Å². The highest BCUT2D eigenvalue weighted by Crippen LogP contribution is 2.32. The van der Waals surface area contributed by atoms with E-state index in [-0.39, 0.29) is 6.61 Å². The molecule has 3 N–H and O–H groups in total. The Morgan fingerprint density at radius 2 is 1.89 bits per heavy atom. The molecule has 4 heteroatoms. The second-order valence-electron chi connectivity index (χ2n) is 3.87. The Morgan fingerprint density at radius 1 is 1.11 bits per heavy atom. The van der Waals surface area contributed by atoms with Crippen molar-refractivity contribution in [1.82, 2.24) is 0 Å². The van der Waals surface area contributed by atoms with Crippen LogP contribution in [0, 0.1) is 0 Å². The van der Waals surface area contributed by atoms with Gasteiger partial charge >= 0.3 is 0 Å². The van der Waals surface area contributed by atoms with E-state index in [9.17, 15) is 0 Å². The maximum absolute atomic E-state index is 9.01. The van der Waals surface area contributed by atoms with Gasteiger partial charge in [0.25, 0.3) is 0 Å². The molecule has 0 aliphatic rings. The molecule has 0 aliphatic carbocycles. The standard InChI is InChI=1S/C14H14ClNO2/c15-11-5-6-12(16)14(9-11)18-13-4-2-1-3-10(13)7-8-17/h1-6,9,17H,7-8,16H2. The molecule has 0 saturated carbocycles. The first kappa shape index (κ1) is 12.7. The van der Waals surface area contributed by atoms with E-state index in [0.29, 0.717) is 28.6 Å². The Bertz CT molecular complexity index is 543.